The van der Waals surface area contributed by atoms with Gasteiger partial charge in [0.1, 0.15) is 0 Å². The van der Waals surface area contributed by atoms with Crippen LogP contribution in [0.1, 0.15) is 77.3 Å². The summed E-state index contributed by atoms with van der Waals surface area (Å²) in [6.45, 7) is 20.5. The number of esters is 1. The number of fused-ring (bicyclic) bond motifs is 1. The van der Waals surface area contributed by atoms with Crippen molar-refractivity contribution in [2.75, 3.05) is 18.0 Å². The largest absolute Gasteiger partial charge is 0.467 e. The number of methoxy groups -OCH3 is 1. The highest BCUT2D eigenvalue weighted by Crippen LogP contribution is 2.48. The Balaban J connectivity index is 2.12. The van der Waals surface area contributed by atoms with E-state index in [-0.39, 0.29) is 11.6 Å². The molecule has 4 rings (SSSR count). The number of carbonyl (C=O) groups is 1. The zero-order valence-corrected chi connectivity index (χ0v) is 31.6. The van der Waals surface area contributed by atoms with Crippen LogP contribution in [-0.2, 0) is 28.7 Å². The molecule has 2 aromatic carbocycles. The number of halogens is 1. The van der Waals surface area contributed by atoms with E-state index in [1.165, 1.54) is 16.8 Å². The summed E-state index contributed by atoms with van der Waals surface area (Å²) in [5.41, 5.74) is 3.91. The number of nitrogens with zero attached hydrogens (tertiary/aromatic N) is 1. The second kappa shape index (κ2) is 13.1. The maximum atomic E-state index is 14.3. The number of rotatable bonds is 8. The molecule has 2 heterocycles. The molecule has 1 aliphatic heterocycles. The maximum Gasteiger partial charge on any atom is 0.339 e. The molecular formula is C35H49ClN2O6SSi. The number of hydrogen-bond acceptors (Lipinski definition) is 6. The highest BCUT2D eigenvalue weighted by Gasteiger charge is 2.42. The number of nitrogens with one attached hydrogen (secondary N) is 1. The molecule has 0 radical (unpaired) electrons. The van der Waals surface area contributed by atoms with Crippen LogP contribution in [0.4, 0.5) is 5.69 Å². The fourth-order valence-corrected chi connectivity index (χ4v) is 8.43. The Kier molecular flexibility index (Phi) is 10.3. The highest BCUT2D eigenvalue weighted by atomic mass is 35.5. The molecule has 1 aromatic heterocycles. The molecule has 3 aromatic rings. The van der Waals surface area contributed by atoms with Gasteiger partial charge in [0.25, 0.3) is 10.0 Å². The third-order valence-corrected chi connectivity index (χ3v) is 15.3. The summed E-state index contributed by atoms with van der Waals surface area (Å²) in [5, 5.41) is 2.57. The van der Waals surface area contributed by atoms with Crippen molar-refractivity contribution < 1.29 is 27.1 Å². The Morgan fingerprint density at radius 3 is 2.30 bits per heavy atom. The minimum absolute atomic E-state index is 0.0507. The zero-order chi connectivity index (χ0) is 34.4. The number of allylic oxidation sites excluding steroid dienone is 1. The van der Waals surface area contributed by atoms with E-state index in [1.54, 1.807) is 18.2 Å². The van der Waals surface area contributed by atoms with Gasteiger partial charge in [0, 0.05) is 27.1 Å². The minimum atomic E-state index is -3.96. The van der Waals surface area contributed by atoms with Crippen molar-refractivity contribution in [3.8, 4) is 11.1 Å². The van der Waals surface area contributed by atoms with Gasteiger partial charge >= 0.3 is 5.97 Å². The monoisotopic (exact) mass is 688 g/mol. The second-order valence-corrected chi connectivity index (χ2v) is 21.6. The van der Waals surface area contributed by atoms with Gasteiger partial charge in [-0.15, -0.1) is 0 Å². The van der Waals surface area contributed by atoms with Gasteiger partial charge in [-0.05, 0) is 100 Å². The smallest absolute Gasteiger partial charge is 0.339 e. The molecule has 252 valence electrons. The van der Waals surface area contributed by atoms with Gasteiger partial charge < -0.3 is 18.9 Å². The lowest BCUT2D eigenvalue weighted by molar-refractivity contribution is -0.164. The van der Waals surface area contributed by atoms with Gasteiger partial charge in [-0.25, -0.2) is 13.2 Å². The number of H-pyrrole nitrogens is 1. The number of anilines is 1. The molecule has 0 bridgehead atoms. The Bertz CT molecular complexity index is 1730. The summed E-state index contributed by atoms with van der Waals surface area (Å²) in [6.07, 6.45) is 1.71. The number of aromatic nitrogens is 1. The molecule has 0 fully saturated rings. The molecule has 0 spiro atoms. The Morgan fingerprint density at radius 1 is 1.11 bits per heavy atom. The summed E-state index contributed by atoms with van der Waals surface area (Å²) in [4.78, 5) is 17.1. The molecule has 2 atom stereocenters. The van der Waals surface area contributed by atoms with E-state index < -0.39 is 42.1 Å². The Labute approximate surface area is 280 Å². The van der Waals surface area contributed by atoms with Gasteiger partial charge in [0.15, 0.2) is 14.4 Å². The number of ether oxygens (including phenoxy) is 2. The minimum Gasteiger partial charge on any atom is -0.467 e. The van der Waals surface area contributed by atoms with E-state index in [1.807, 2.05) is 52.8 Å². The molecule has 0 saturated carbocycles. The fourth-order valence-electron chi connectivity index (χ4n) is 5.69. The standard InChI is InChI=1S/C35H49ClN2O6SSi/c1-22-20-27-29(24-15-17-25(36)18-16-24)28(32(33(39)42-9)44-34(3,4)5)23(2)31(30(27)37-22)38-26(14-12-13-19-45(38,40)41)21-43-46(10,11)35(6,7)8/h13,15-20,26,32,37H,12,14,21H2,1-11H3/t26-,32-/m0/s1. The van der Waals surface area contributed by atoms with Crippen molar-refractivity contribution in [1.29, 1.82) is 0 Å². The normalized spacial score (nSPS) is 18.1. The summed E-state index contributed by atoms with van der Waals surface area (Å²) < 4.78 is 48.5. The van der Waals surface area contributed by atoms with E-state index in [2.05, 4.69) is 38.8 Å². The number of carbonyl (C=O) groups excluding carboxylic acids is 1. The van der Waals surface area contributed by atoms with Gasteiger partial charge in [-0.3, -0.25) is 4.31 Å². The van der Waals surface area contributed by atoms with Crippen LogP contribution in [0.3, 0.4) is 0 Å². The van der Waals surface area contributed by atoms with Crippen LogP contribution >= 0.6 is 11.6 Å². The van der Waals surface area contributed by atoms with Crippen molar-refractivity contribution in [3.63, 3.8) is 0 Å². The van der Waals surface area contributed by atoms with E-state index in [9.17, 15) is 13.2 Å². The maximum absolute atomic E-state index is 14.3. The second-order valence-electron chi connectivity index (χ2n) is 14.7. The summed E-state index contributed by atoms with van der Waals surface area (Å²) >= 11 is 6.30. The van der Waals surface area contributed by atoms with Crippen LogP contribution in [0.5, 0.6) is 0 Å². The molecule has 0 aliphatic carbocycles. The van der Waals surface area contributed by atoms with E-state index >= 15 is 0 Å². The third-order valence-electron chi connectivity index (χ3n) is 8.97. The first-order valence-corrected chi connectivity index (χ1v) is 20.5. The molecule has 0 amide bonds. The number of aryl methyl sites for hydroxylation is 1. The van der Waals surface area contributed by atoms with E-state index in [4.69, 9.17) is 25.5 Å². The van der Waals surface area contributed by atoms with Crippen LogP contribution < -0.4 is 4.31 Å². The molecule has 11 heteroatoms. The summed E-state index contributed by atoms with van der Waals surface area (Å²) in [5.74, 6) is -0.581. The fraction of sp³-hybridized carbons (Fsp3) is 0.514. The first kappa shape index (κ1) is 36.2. The van der Waals surface area contributed by atoms with Crippen molar-refractivity contribution in [3.05, 3.63) is 63.7 Å². The van der Waals surface area contributed by atoms with Crippen molar-refractivity contribution in [1.82, 2.24) is 4.98 Å². The van der Waals surface area contributed by atoms with Gasteiger partial charge in [-0.2, -0.15) is 0 Å². The molecule has 0 unspecified atom stereocenters. The lowest BCUT2D eigenvalue weighted by Crippen LogP contribution is -2.48. The summed E-state index contributed by atoms with van der Waals surface area (Å²) in [7, 11) is -4.85. The first-order chi connectivity index (χ1) is 21.2. The number of sulfonamides is 1. The molecule has 46 heavy (non-hydrogen) atoms. The van der Waals surface area contributed by atoms with Crippen LogP contribution in [0.25, 0.3) is 22.0 Å². The third kappa shape index (κ3) is 7.41. The van der Waals surface area contributed by atoms with Gasteiger partial charge in [0.05, 0.1) is 36.6 Å². The van der Waals surface area contributed by atoms with Crippen LogP contribution in [0.2, 0.25) is 23.2 Å². The Morgan fingerprint density at radius 2 is 1.74 bits per heavy atom. The number of hydrogen-bond donors (Lipinski definition) is 1. The molecule has 1 N–H and O–H groups in total. The average molecular weight is 689 g/mol. The first-order valence-electron chi connectivity index (χ1n) is 15.7. The van der Waals surface area contributed by atoms with Crippen LogP contribution in [0, 0.1) is 13.8 Å². The van der Waals surface area contributed by atoms with Crippen LogP contribution in [-0.4, -0.2) is 53.0 Å². The molecule has 8 nitrogen and oxygen atoms in total. The van der Waals surface area contributed by atoms with E-state index in [0.717, 1.165) is 22.2 Å². The predicted octanol–water partition coefficient (Wildman–Crippen LogP) is 8.97. The summed E-state index contributed by atoms with van der Waals surface area (Å²) in [6, 6.07) is 8.88. The van der Waals surface area contributed by atoms with Crippen LogP contribution in [0.15, 0.2) is 41.8 Å². The lowest BCUT2D eigenvalue weighted by Gasteiger charge is -2.40. The lowest BCUT2D eigenvalue weighted by atomic mass is 9.87. The number of aromatic amines is 1. The highest BCUT2D eigenvalue weighted by molar-refractivity contribution is 7.95. The SMILES string of the molecule is COC(=O)[C@@H](OC(C)(C)C)c1c(C)c(N2[C@H](CO[Si](C)(C)C(C)(C)C)CCC=CS2(=O)=O)c2[nH]c(C)cc2c1-c1ccc(Cl)cc1. The van der Waals surface area contributed by atoms with Crippen molar-refractivity contribution >= 4 is 52.5 Å². The van der Waals surface area contributed by atoms with Crippen molar-refractivity contribution in [2.24, 2.45) is 0 Å². The molecular weight excluding hydrogens is 640 g/mol. The quantitative estimate of drug-likeness (QED) is 0.187. The molecule has 0 saturated heterocycles. The van der Waals surface area contributed by atoms with E-state index in [0.29, 0.717) is 40.2 Å². The number of benzene rings is 2. The van der Waals surface area contributed by atoms with Crippen molar-refractivity contribution in [2.45, 2.75) is 104 Å². The topological polar surface area (TPSA) is 97.9 Å². The average Bonchev–Trinajstić information content (AvgIpc) is 3.25. The predicted molar refractivity (Wildman–Crippen MR) is 191 cm³/mol. The Hall–Kier alpha value is -2.63. The molecule has 1 aliphatic rings. The zero-order valence-electron chi connectivity index (χ0n) is 29.0. The van der Waals surface area contributed by atoms with Gasteiger partial charge in [0.2, 0.25) is 0 Å². The van der Waals surface area contributed by atoms with Gasteiger partial charge in [-0.1, -0.05) is 50.6 Å².